The maximum Gasteiger partial charge on any atom is 2.00 e. The van der Waals surface area contributed by atoms with E-state index in [0.29, 0.717) is 60.9 Å². The molecule has 0 amide bonds. The van der Waals surface area contributed by atoms with E-state index in [1.165, 1.54) is 110 Å². The second-order valence-electron chi connectivity index (χ2n) is 40.0. The molecule has 0 spiro atoms. The number of hydrogen-bond donors (Lipinski definition) is 1. The molecule has 0 saturated carbocycles. The quantitative estimate of drug-likeness (QED) is 0.0360. The smallest absolute Gasteiger partial charge is 1.00 e. The predicted octanol–water partition coefficient (Wildman–Crippen LogP) is 17.4. The van der Waals surface area contributed by atoms with Gasteiger partial charge < -0.3 is 31.9 Å². The molecule has 1 N–H and O–H groups in total. The molecule has 24 heteroatoms. The molecule has 10 heterocycles. The van der Waals surface area contributed by atoms with E-state index < -0.39 is 32.3 Å². The number of esters is 5. The van der Waals surface area contributed by atoms with E-state index in [1.54, 1.807) is 5.19 Å². The molecule has 10 saturated heterocycles. The topological polar surface area (TPSA) is 156 Å². The zero-order chi connectivity index (χ0) is 85.9. The van der Waals surface area contributed by atoms with Crippen molar-refractivity contribution in [2.24, 2.45) is 29.6 Å². The van der Waals surface area contributed by atoms with Crippen molar-refractivity contribution in [1.29, 1.82) is 0 Å². The van der Waals surface area contributed by atoms with E-state index in [-0.39, 0.29) is 177 Å². The van der Waals surface area contributed by atoms with Gasteiger partial charge in [0.15, 0.2) is 0 Å². The van der Waals surface area contributed by atoms with Crippen molar-refractivity contribution in [2.75, 3.05) is 76.1 Å². The maximum absolute atomic E-state index is 12.7. The maximum atomic E-state index is 12.7. The second-order valence-corrected chi connectivity index (χ2v) is 60.4. The number of halogens is 4. The van der Waals surface area contributed by atoms with Gasteiger partial charge in [-0.15, -0.1) is 48.0 Å². The second kappa shape index (κ2) is 46.5. The molecule has 0 radical (unpaired) electrons. The Hall–Kier alpha value is -3.80. The van der Waals surface area contributed by atoms with Crippen molar-refractivity contribution in [3.05, 3.63) is 155 Å². The number of ether oxygens (including phenoxy) is 5. The summed E-state index contributed by atoms with van der Waals surface area (Å²) in [6.45, 7) is 33.5. The van der Waals surface area contributed by atoms with Crippen LogP contribution < -0.4 is 26.1 Å². The molecule has 10 fully saturated rings. The summed E-state index contributed by atoms with van der Waals surface area (Å²) in [5.74, 6) is 0.448. The van der Waals surface area contributed by atoms with Gasteiger partial charge >= 0.3 is 52.9 Å². The summed E-state index contributed by atoms with van der Waals surface area (Å²) in [5, 5.41) is 9.54. The van der Waals surface area contributed by atoms with Crippen molar-refractivity contribution in [3.63, 3.8) is 0 Å². The summed E-state index contributed by atoms with van der Waals surface area (Å²) in [6.07, 6.45) is 18.6. The monoisotopic (exact) mass is 1970 g/mol. The first kappa shape index (κ1) is 104. The predicted molar refractivity (Wildman–Crippen MR) is 526 cm³/mol. The van der Waals surface area contributed by atoms with E-state index >= 15 is 0 Å². The molecule has 10 bridgehead atoms. The molecular formula is C97H151F2I2MgN5O10Si4. The first-order chi connectivity index (χ1) is 56.0. The number of alkyl halides is 2. The Morgan fingerprint density at radius 1 is 0.372 bits per heavy atom. The van der Waals surface area contributed by atoms with Gasteiger partial charge in [0.2, 0.25) is 0 Å². The number of aryl methyl sites for hydroxylation is 2. The average molecular weight is 1970 g/mol. The number of nitrogens with one attached hydrogen (secondary N) is 1. The molecule has 121 heavy (non-hydrogen) atoms. The fourth-order valence-electron chi connectivity index (χ4n) is 22.0. The molecule has 15 nitrogen and oxygen atoms in total. The fourth-order valence-corrected chi connectivity index (χ4v) is 26.6. The number of rotatable bonds is 19. The van der Waals surface area contributed by atoms with Gasteiger partial charge in [0.05, 0.1) is 111 Å². The van der Waals surface area contributed by atoms with E-state index in [0.717, 1.165) is 96.2 Å². The van der Waals surface area contributed by atoms with Crippen LogP contribution in [0.1, 0.15) is 175 Å². The summed E-state index contributed by atoms with van der Waals surface area (Å²) in [7, 11) is 6.86. The molecule has 5 aromatic carbocycles. The molecule has 670 valence electrons. The van der Waals surface area contributed by atoms with Crippen molar-refractivity contribution in [2.45, 2.75) is 292 Å². The molecule has 2 unspecified atom stereocenters. The Labute approximate surface area is 783 Å². The third-order valence-corrected chi connectivity index (χ3v) is 37.0. The minimum Gasteiger partial charge on any atom is -1.00 e. The van der Waals surface area contributed by atoms with Gasteiger partial charge in [-0.3, -0.25) is 52.4 Å². The van der Waals surface area contributed by atoms with Crippen LogP contribution in [0.25, 0.3) is 0 Å². The number of hydrogen-bond acceptors (Lipinski definition) is 15. The Balaban J connectivity index is 0.000000265. The molecule has 0 aromatic heterocycles. The van der Waals surface area contributed by atoms with Crippen LogP contribution in [0.3, 0.4) is 0 Å². The summed E-state index contributed by atoms with van der Waals surface area (Å²) >= 11 is 0. The Kier molecular flexibility index (Phi) is 40.0. The largest absolute Gasteiger partial charge is 2.00 e. The Morgan fingerprint density at radius 2 is 0.661 bits per heavy atom. The third-order valence-electron chi connectivity index (χ3n) is 28.8. The molecule has 19 atom stereocenters. The SMILES string of the molecule is COC(=O)[C@H]1CCC2CC[C@H]1N2C.COC(=O)[C@H]1[C@@H](c2ccc(C)cc2)C[C@@H]2CC[C@H]1N2CCCF.COC(=O)[C@H]1[C@@H](c2ccc([Si](C)(C)C)cc2)CC2CC[C@H]1N2C.COC(=O)[C@H]1[C@@H](c2ccc([Si](C)(C)C)cc2)C[C@@H]2CC[C@H]1N2.COC(=O)[C@H]1[C@@H](c2ccc([Si](C)(C)C)cc2)C[C@@H]2CC[C@H]1N2CCCF.Cc1ccc([Si](C)(C)C)cc1.I.[123IH].[H-].[H-].[Mg+2]. The normalized spacial score (nSPS) is 28.8. The Bertz CT molecular complexity index is 4100. The standard InChI is InChI=1S/C21H32FNO2Si.C19H26FNO2.C19H29NO2Si.C18H27NO2Si.C10H17NO2.C10H16Si.2HI.Mg.2H/c1-25-21(24)20-18(15-6-9-17(10-7-15)26(2,3)4)14-16-8-11-19(20)23(16)13-5-12-22;1-13-4-6-14(7-5-13)16-12-15-8-9-17(18(16)19(22)23-2)21(15)11-3-10-20;1-20-14-8-11-17(20)18(19(21)22-2)16(12-14)13-6-9-15(10-7-13)23(3,4)5;1-21-18(20)17-15(11-13-7-10-16(17)19-13)12-5-8-14(9-6-12)22(2,3)4;1-11-7-3-5-8(10(12)13-2)9(11)6-4-7;1-9-5-7-10(8-6-9)11(2,3)4;;;;;/h6-7,9-10,16,18-20H,5,8,11-14H2,1-4H3;4-7,15-18H,3,8-12H2,1-2H3;6-7,9-10,14,16-18H,8,11-12H2,1-5H3;5-6,8-9,13,15-17,19H,7,10-11H2,1-4H3;7-9H,3-6H2,1-2H3;5-8H,1-4H3;2*1H;;;/q;;;;;;;;+2;2*-1/t16-,18+,19+,20-;15-,16+,17+,18-;14?,16-,17-,18+;13-,15+,16+,17-;7?,8-,9+;;;;;;/m00100....../s1/i;;;;;;1-4;;;;. The van der Waals surface area contributed by atoms with Crippen molar-refractivity contribution in [3.8, 4) is 0 Å². The number of carbonyl (C=O) groups excluding carboxylic acids is 5. The van der Waals surface area contributed by atoms with Crippen molar-refractivity contribution < 1.29 is 59.3 Å². The minimum absolute atomic E-state index is 0. The number of carbonyl (C=O) groups is 5. The van der Waals surface area contributed by atoms with Crippen LogP contribution in [0.5, 0.6) is 0 Å². The van der Waals surface area contributed by atoms with E-state index in [1.807, 2.05) is 0 Å². The third kappa shape index (κ3) is 25.8. The average Bonchev–Trinajstić information content (AvgIpc) is 1.66. The fraction of sp³-hybridized carbons (Fsp3) is 0.639. The van der Waals surface area contributed by atoms with Gasteiger partial charge in [0.25, 0.3) is 0 Å². The minimum atomic E-state index is -1.33. The van der Waals surface area contributed by atoms with Crippen molar-refractivity contribution in [1.82, 2.24) is 24.9 Å². The van der Waals surface area contributed by atoms with Gasteiger partial charge in [-0.05, 0) is 166 Å². The van der Waals surface area contributed by atoms with Crippen LogP contribution in [-0.4, -0.2) is 241 Å². The molecule has 15 rings (SSSR count). The zero-order valence-corrected chi connectivity index (χ0v) is 87.3. The molecule has 5 aromatic rings. The van der Waals surface area contributed by atoms with Crippen LogP contribution in [0, 0.1) is 43.4 Å². The van der Waals surface area contributed by atoms with E-state index in [2.05, 4.69) is 253 Å². The van der Waals surface area contributed by atoms with Crippen LogP contribution in [0.15, 0.2) is 121 Å². The van der Waals surface area contributed by atoms with E-state index in [9.17, 15) is 32.8 Å². The number of piperidine rings is 5. The number of methoxy groups -OCH3 is 5. The van der Waals surface area contributed by atoms with Crippen molar-refractivity contribution >= 4 is 154 Å². The van der Waals surface area contributed by atoms with Gasteiger partial charge in [0, 0.05) is 97.2 Å². The van der Waals surface area contributed by atoms with Crippen LogP contribution >= 0.6 is 48.0 Å². The Morgan fingerprint density at radius 3 is 1.03 bits per heavy atom. The van der Waals surface area contributed by atoms with Crippen LogP contribution in [0.2, 0.25) is 78.6 Å². The molecular weight excluding hydrogens is 1820 g/mol. The van der Waals surface area contributed by atoms with Crippen LogP contribution in [0.4, 0.5) is 8.78 Å². The molecule has 10 aliphatic heterocycles. The van der Waals surface area contributed by atoms with Gasteiger partial charge in [-0.2, -0.15) is 0 Å². The van der Waals surface area contributed by atoms with Gasteiger partial charge in [0.1, 0.15) is 0 Å². The number of fused-ring (bicyclic) bond motifs is 10. The first-order valence-electron chi connectivity index (χ1n) is 44.7. The summed E-state index contributed by atoms with van der Waals surface area (Å²) in [6, 6.07) is 48.9. The molecule has 0 aliphatic carbocycles. The number of nitrogens with zero attached hydrogens (tertiary/aromatic N) is 4. The molecule has 10 aliphatic rings. The first-order valence-corrected chi connectivity index (χ1v) is 58.7. The zero-order valence-electron chi connectivity index (χ0n) is 79.2. The summed E-state index contributed by atoms with van der Waals surface area (Å²) in [5.41, 5.74) is 7.68. The van der Waals surface area contributed by atoms with Gasteiger partial charge in [-0.25, -0.2) is 0 Å². The van der Waals surface area contributed by atoms with Crippen LogP contribution in [-0.2, 0) is 47.7 Å². The summed E-state index contributed by atoms with van der Waals surface area (Å²) in [4.78, 5) is 70.9. The van der Waals surface area contributed by atoms with E-state index in [4.69, 9.17) is 23.7 Å². The summed E-state index contributed by atoms with van der Waals surface area (Å²) < 4.78 is 50.7. The number of benzene rings is 5. The van der Waals surface area contributed by atoms with Gasteiger partial charge in [-0.1, -0.05) is 232 Å².